The Morgan fingerprint density at radius 2 is 2.00 bits per heavy atom. The fourth-order valence-electron chi connectivity index (χ4n) is 1.74. The van der Waals surface area contributed by atoms with Crippen molar-refractivity contribution >= 4 is 6.21 Å². The highest BCUT2D eigenvalue weighted by atomic mass is 15.3. The van der Waals surface area contributed by atoms with E-state index in [0.717, 1.165) is 12.1 Å². The van der Waals surface area contributed by atoms with Gasteiger partial charge < -0.3 is 5.41 Å². The molecule has 0 spiro atoms. The van der Waals surface area contributed by atoms with Crippen LogP contribution in [0.2, 0.25) is 0 Å². The maximum Gasteiger partial charge on any atom is 0.0659 e. The number of hydrogen-bond donors (Lipinski definition) is 1. The Morgan fingerprint density at radius 1 is 1.29 bits per heavy atom. The van der Waals surface area contributed by atoms with Gasteiger partial charge in [-0.15, -0.1) is 0 Å². The first kappa shape index (κ1) is 11.6. The van der Waals surface area contributed by atoms with Crippen molar-refractivity contribution in [1.82, 2.24) is 9.78 Å². The SMILES string of the molecule is CC(C)c1ccc(Cn2cc(C=N)cn2)cc1. The Hall–Kier alpha value is -1.90. The second-order valence-corrected chi connectivity index (χ2v) is 4.51. The van der Waals surface area contributed by atoms with Crippen LogP contribution in [-0.4, -0.2) is 16.0 Å². The summed E-state index contributed by atoms with van der Waals surface area (Å²) in [6, 6.07) is 8.62. The number of benzene rings is 1. The van der Waals surface area contributed by atoms with Crippen LogP contribution in [0.25, 0.3) is 0 Å². The quantitative estimate of drug-likeness (QED) is 0.801. The predicted molar refractivity (Wildman–Crippen MR) is 69.7 cm³/mol. The Balaban J connectivity index is 2.10. The van der Waals surface area contributed by atoms with Gasteiger partial charge in [-0.3, -0.25) is 4.68 Å². The lowest BCUT2D eigenvalue weighted by Crippen LogP contribution is -2.00. The average molecular weight is 227 g/mol. The zero-order valence-corrected chi connectivity index (χ0v) is 10.2. The largest absolute Gasteiger partial charge is 0.308 e. The van der Waals surface area contributed by atoms with E-state index in [4.69, 9.17) is 5.41 Å². The predicted octanol–water partition coefficient (Wildman–Crippen LogP) is 3.05. The molecule has 2 aromatic rings. The molecule has 1 aromatic carbocycles. The first-order valence-corrected chi connectivity index (χ1v) is 5.81. The van der Waals surface area contributed by atoms with Gasteiger partial charge in [-0.2, -0.15) is 5.10 Å². The minimum Gasteiger partial charge on any atom is -0.308 e. The molecule has 0 aliphatic heterocycles. The van der Waals surface area contributed by atoms with Crippen molar-refractivity contribution in [3.05, 3.63) is 53.3 Å². The van der Waals surface area contributed by atoms with Gasteiger partial charge >= 0.3 is 0 Å². The second-order valence-electron chi connectivity index (χ2n) is 4.51. The smallest absolute Gasteiger partial charge is 0.0659 e. The number of rotatable bonds is 4. The molecule has 0 radical (unpaired) electrons. The van der Waals surface area contributed by atoms with Gasteiger partial charge in [-0.05, 0) is 17.0 Å². The third-order valence-electron chi connectivity index (χ3n) is 2.81. The van der Waals surface area contributed by atoms with Gasteiger partial charge in [-0.1, -0.05) is 38.1 Å². The molecular weight excluding hydrogens is 210 g/mol. The van der Waals surface area contributed by atoms with Crippen LogP contribution >= 0.6 is 0 Å². The van der Waals surface area contributed by atoms with E-state index in [1.807, 2.05) is 10.9 Å². The van der Waals surface area contributed by atoms with Gasteiger partial charge in [0.1, 0.15) is 0 Å². The van der Waals surface area contributed by atoms with Gasteiger partial charge in [0, 0.05) is 18.0 Å². The zero-order chi connectivity index (χ0) is 12.3. The van der Waals surface area contributed by atoms with E-state index in [1.165, 1.54) is 17.3 Å². The number of hydrogen-bond acceptors (Lipinski definition) is 2. The van der Waals surface area contributed by atoms with Crippen LogP contribution in [0, 0.1) is 5.41 Å². The van der Waals surface area contributed by atoms with Crippen molar-refractivity contribution < 1.29 is 0 Å². The van der Waals surface area contributed by atoms with Gasteiger partial charge in [0.15, 0.2) is 0 Å². The molecule has 0 saturated heterocycles. The van der Waals surface area contributed by atoms with E-state index in [9.17, 15) is 0 Å². The first-order chi connectivity index (χ1) is 8.19. The molecule has 1 N–H and O–H groups in total. The molecule has 0 unspecified atom stereocenters. The maximum atomic E-state index is 7.13. The van der Waals surface area contributed by atoms with Crippen molar-refractivity contribution in [3.63, 3.8) is 0 Å². The van der Waals surface area contributed by atoms with Crippen LogP contribution in [0.3, 0.4) is 0 Å². The highest BCUT2D eigenvalue weighted by Gasteiger charge is 2.00. The van der Waals surface area contributed by atoms with E-state index in [1.54, 1.807) is 6.20 Å². The van der Waals surface area contributed by atoms with Crippen molar-refractivity contribution in [2.24, 2.45) is 0 Å². The second kappa shape index (κ2) is 4.95. The van der Waals surface area contributed by atoms with E-state index < -0.39 is 0 Å². The van der Waals surface area contributed by atoms with Crippen LogP contribution in [0.15, 0.2) is 36.7 Å². The van der Waals surface area contributed by atoms with Crippen LogP contribution in [-0.2, 0) is 6.54 Å². The van der Waals surface area contributed by atoms with Gasteiger partial charge in [0.2, 0.25) is 0 Å². The molecule has 0 bridgehead atoms. The summed E-state index contributed by atoms with van der Waals surface area (Å²) >= 11 is 0. The molecule has 0 amide bonds. The zero-order valence-electron chi connectivity index (χ0n) is 10.2. The third kappa shape index (κ3) is 2.81. The fourth-order valence-corrected chi connectivity index (χ4v) is 1.74. The summed E-state index contributed by atoms with van der Waals surface area (Å²) in [6.45, 7) is 5.14. The van der Waals surface area contributed by atoms with Gasteiger partial charge in [0.25, 0.3) is 0 Å². The normalized spacial score (nSPS) is 10.8. The first-order valence-electron chi connectivity index (χ1n) is 5.81. The molecule has 3 heteroatoms. The Kier molecular flexibility index (Phi) is 3.38. The molecule has 0 atom stereocenters. The molecule has 0 fully saturated rings. The molecule has 0 aliphatic rings. The molecule has 0 saturated carbocycles. The van der Waals surface area contributed by atoms with Gasteiger partial charge in [-0.25, -0.2) is 0 Å². The average Bonchev–Trinajstić information content (AvgIpc) is 2.77. The van der Waals surface area contributed by atoms with Crippen molar-refractivity contribution in [3.8, 4) is 0 Å². The summed E-state index contributed by atoms with van der Waals surface area (Å²) in [5, 5.41) is 11.3. The number of nitrogens with zero attached hydrogens (tertiary/aromatic N) is 2. The molecule has 3 nitrogen and oxygen atoms in total. The summed E-state index contributed by atoms with van der Waals surface area (Å²) in [4.78, 5) is 0. The molecule has 88 valence electrons. The third-order valence-corrected chi connectivity index (χ3v) is 2.81. The standard InChI is InChI=1S/C14H17N3/c1-11(2)14-5-3-12(4-6-14)9-17-10-13(7-15)8-16-17/h3-8,10-11,15H,9H2,1-2H3. The summed E-state index contributed by atoms with van der Waals surface area (Å²) in [7, 11) is 0. The Labute approximate surface area is 102 Å². The summed E-state index contributed by atoms with van der Waals surface area (Å²) in [5.41, 5.74) is 3.42. The van der Waals surface area contributed by atoms with Gasteiger partial charge in [0.05, 0.1) is 12.7 Å². The maximum absolute atomic E-state index is 7.13. The van der Waals surface area contributed by atoms with E-state index in [-0.39, 0.29) is 0 Å². The Morgan fingerprint density at radius 3 is 2.53 bits per heavy atom. The van der Waals surface area contributed by atoms with Crippen LogP contribution in [0.5, 0.6) is 0 Å². The van der Waals surface area contributed by atoms with Crippen molar-refractivity contribution in [2.45, 2.75) is 26.3 Å². The van der Waals surface area contributed by atoms with Crippen LogP contribution < -0.4 is 0 Å². The van der Waals surface area contributed by atoms with E-state index >= 15 is 0 Å². The minimum atomic E-state index is 0.568. The van der Waals surface area contributed by atoms with Crippen molar-refractivity contribution in [2.75, 3.05) is 0 Å². The monoisotopic (exact) mass is 227 g/mol. The highest BCUT2D eigenvalue weighted by molar-refractivity contribution is 5.75. The minimum absolute atomic E-state index is 0.568. The van der Waals surface area contributed by atoms with Crippen molar-refractivity contribution in [1.29, 1.82) is 5.41 Å². The lowest BCUT2D eigenvalue weighted by atomic mass is 10.0. The molecule has 1 aromatic heterocycles. The summed E-state index contributed by atoms with van der Waals surface area (Å²) < 4.78 is 1.85. The summed E-state index contributed by atoms with van der Waals surface area (Å²) in [6.07, 6.45) is 4.89. The highest BCUT2D eigenvalue weighted by Crippen LogP contribution is 2.15. The summed E-state index contributed by atoms with van der Waals surface area (Å²) in [5.74, 6) is 0.568. The number of nitrogens with one attached hydrogen (secondary N) is 1. The van der Waals surface area contributed by atoms with Crippen LogP contribution in [0.4, 0.5) is 0 Å². The molecule has 2 rings (SSSR count). The van der Waals surface area contributed by atoms with Crippen LogP contribution in [0.1, 0.15) is 36.5 Å². The topological polar surface area (TPSA) is 41.7 Å². The lowest BCUT2D eigenvalue weighted by molar-refractivity contribution is 0.686. The Bertz CT molecular complexity index is 494. The molecule has 17 heavy (non-hydrogen) atoms. The number of aromatic nitrogens is 2. The molecule has 1 heterocycles. The van der Waals surface area contributed by atoms with E-state index in [2.05, 4.69) is 43.2 Å². The van der Waals surface area contributed by atoms with E-state index in [0.29, 0.717) is 5.92 Å². The fraction of sp³-hybridized carbons (Fsp3) is 0.286. The lowest BCUT2D eigenvalue weighted by Gasteiger charge is -2.07. The molecule has 0 aliphatic carbocycles. The molecular formula is C14H17N3.